The second-order valence-corrected chi connectivity index (χ2v) is 8.72. The van der Waals surface area contributed by atoms with E-state index in [2.05, 4.69) is 5.32 Å². The van der Waals surface area contributed by atoms with E-state index in [4.69, 9.17) is 16.3 Å². The molecule has 0 aliphatic rings. The summed E-state index contributed by atoms with van der Waals surface area (Å²) in [6.07, 6.45) is 0.407. The molecule has 0 saturated carbocycles. The Labute approximate surface area is 206 Å². The summed E-state index contributed by atoms with van der Waals surface area (Å²) in [5.74, 6) is 0.111. The number of likely N-dealkylation sites (N-methyl/N-ethyl adjacent to an activating group) is 1. The molecule has 3 aromatic rings. The zero-order valence-corrected chi connectivity index (χ0v) is 20.6. The number of halogens is 1. The van der Waals surface area contributed by atoms with Crippen molar-refractivity contribution >= 4 is 23.4 Å². The van der Waals surface area contributed by atoms with Gasteiger partial charge in [0.05, 0.1) is 0 Å². The molecule has 0 fully saturated rings. The number of carbonyl (C=O) groups excluding carboxylic acids is 2. The molecular formula is C28H31ClN2O3. The van der Waals surface area contributed by atoms with Gasteiger partial charge in [-0.15, -0.1) is 0 Å². The largest absolute Gasteiger partial charge is 0.484 e. The van der Waals surface area contributed by atoms with E-state index in [0.29, 0.717) is 30.3 Å². The highest BCUT2D eigenvalue weighted by atomic mass is 35.5. The summed E-state index contributed by atoms with van der Waals surface area (Å²) < 4.78 is 5.80. The molecule has 2 amide bonds. The minimum Gasteiger partial charge on any atom is -0.484 e. The molecule has 34 heavy (non-hydrogen) atoms. The first-order valence-electron chi connectivity index (χ1n) is 11.4. The zero-order valence-electron chi connectivity index (χ0n) is 19.9. The van der Waals surface area contributed by atoms with Crippen molar-refractivity contribution in [2.24, 2.45) is 0 Å². The van der Waals surface area contributed by atoms with E-state index in [0.717, 1.165) is 22.3 Å². The summed E-state index contributed by atoms with van der Waals surface area (Å²) >= 11 is 6.10. The molecule has 3 aromatic carbocycles. The summed E-state index contributed by atoms with van der Waals surface area (Å²) in [5.41, 5.74) is 3.90. The van der Waals surface area contributed by atoms with Gasteiger partial charge in [-0.2, -0.15) is 0 Å². The van der Waals surface area contributed by atoms with Gasteiger partial charge in [0.1, 0.15) is 11.8 Å². The highest BCUT2D eigenvalue weighted by Gasteiger charge is 2.30. The van der Waals surface area contributed by atoms with Crippen molar-refractivity contribution in [2.75, 3.05) is 13.2 Å². The maximum Gasteiger partial charge on any atom is 0.261 e. The minimum absolute atomic E-state index is 0.183. The summed E-state index contributed by atoms with van der Waals surface area (Å²) in [6, 6.07) is 22.3. The lowest BCUT2D eigenvalue weighted by Gasteiger charge is -2.31. The van der Waals surface area contributed by atoms with Crippen LogP contribution in [0.3, 0.4) is 0 Å². The molecule has 5 nitrogen and oxygen atoms in total. The van der Waals surface area contributed by atoms with Crippen LogP contribution in [-0.4, -0.2) is 35.9 Å². The highest BCUT2D eigenvalue weighted by Crippen LogP contribution is 2.22. The van der Waals surface area contributed by atoms with E-state index in [1.54, 1.807) is 23.1 Å². The second kappa shape index (κ2) is 12.2. The van der Waals surface area contributed by atoms with E-state index in [-0.39, 0.29) is 18.4 Å². The van der Waals surface area contributed by atoms with E-state index >= 15 is 0 Å². The van der Waals surface area contributed by atoms with Crippen LogP contribution in [0.5, 0.6) is 5.75 Å². The Hall–Kier alpha value is -3.31. The molecule has 6 heteroatoms. The maximum atomic E-state index is 13.5. The number of carbonyl (C=O) groups is 2. The molecule has 1 N–H and O–H groups in total. The van der Waals surface area contributed by atoms with Crippen molar-refractivity contribution < 1.29 is 14.3 Å². The van der Waals surface area contributed by atoms with Crippen molar-refractivity contribution in [3.63, 3.8) is 0 Å². The standard InChI is InChI=1S/C28H31ClN2O3/c1-4-30-28(33)26(17-22-10-6-5-7-11-22)31(18-23-12-8-9-20(2)15-23)27(32)19-34-24-13-14-25(29)21(3)16-24/h5-16,26H,4,17-19H2,1-3H3,(H,30,33)/t26-/m1/s1. The molecule has 0 bridgehead atoms. The van der Waals surface area contributed by atoms with Crippen molar-refractivity contribution in [3.8, 4) is 5.75 Å². The molecule has 0 radical (unpaired) electrons. The van der Waals surface area contributed by atoms with Crippen LogP contribution in [0.25, 0.3) is 0 Å². The molecule has 3 rings (SSSR count). The van der Waals surface area contributed by atoms with E-state index in [9.17, 15) is 9.59 Å². The lowest BCUT2D eigenvalue weighted by atomic mass is 10.0. The van der Waals surface area contributed by atoms with Gasteiger partial charge in [-0.25, -0.2) is 0 Å². The van der Waals surface area contributed by atoms with Crippen LogP contribution in [0.15, 0.2) is 72.8 Å². The highest BCUT2D eigenvalue weighted by molar-refractivity contribution is 6.31. The normalized spacial score (nSPS) is 11.5. The number of nitrogens with one attached hydrogen (secondary N) is 1. The van der Waals surface area contributed by atoms with Gasteiger partial charge in [0.15, 0.2) is 6.61 Å². The van der Waals surface area contributed by atoms with Crippen LogP contribution in [0.1, 0.15) is 29.2 Å². The molecular weight excluding hydrogens is 448 g/mol. The Kier molecular flexibility index (Phi) is 9.11. The van der Waals surface area contributed by atoms with E-state index in [1.165, 1.54) is 0 Å². The second-order valence-electron chi connectivity index (χ2n) is 8.31. The number of rotatable bonds is 10. The lowest BCUT2D eigenvalue weighted by Crippen LogP contribution is -2.51. The van der Waals surface area contributed by atoms with E-state index < -0.39 is 6.04 Å². The molecule has 1 atom stereocenters. The molecule has 0 heterocycles. The fourth-order valence-electron chi connectivity index (χ4n) is 3.79. The monoisotopic (exact) mass is 478 g/mol. The Morgan fingerprint density at radius 1 is 0.971 bits per heavy atom. The molecule has 178 valence electrons. The summed E-state index contributed by atoms with van der Waals surface area (Å²) in [4.78, 5) is 28.3. The van der Waals surface area contributed by atoms with Gasteiger partial charge in [-0.3, -0.25) is 9.59 Å². The zero-order chi connectivity index (χ0) is 24.5. The van der Waals surface area contributed by atoms with Gasteiger partial charge in [0.2, 0.25) is 5.91 Å². The Bertz CT molecular complexity index is 1120. The number of benzene rings is 3. The van der Waals surface area contributed by atoms with Gasteiger partial charge in [0.25, 0.3) is 5.91 Å². The summed E-state index contributed by atoms with van der Waals surface area (Å²) in [5, 5.41) is 3.54. The van der Waals surface area contributed by atoms with Gasteiger partial charge >= 0.3 is 0 Å². The van der Waals surface area contributed by atoms with Gasteiger partial charge in [-0.05, 0) is 55.7 Å². The molecule has 0 aliphatic heterocycles. The molecule has 0 spiro atoms. The van der Waals surface area contributed by atoms with Crippen LogP contribution in [0.2, 0.25) is 5.02 Å². The first-order valence-corrected chi connectivity index (χ1v) is 11.8. The Morgan fingerprint density at radius 2 is 1.71 bits per heavy atom. The number of aryl methyl sites for hydroxylation is 2. The molecule has 0 unspecified atom stereocenters. The van der Waals surface area contributed by atoms with E-state index in [1.807, 2.05) is 75.4 Å². The first kappa shape index (κ1) is 25.3. The lowest BCUT2D eigenvalue weighted by molar-refractivity contribution is -0.142. The molecule has 0 aliphatic carbocycles. The SMILES string of the molecule is CCNC(=O)[C@@H](Cc1ccccc1)N(Cc1cccc(C)c1)C(=O)COc1ccc(Cl)c(C)c1. The number of nitrogens with zero attached hydrogens (tertiary/aromatic N) is 1. The van der Waals surface area contributed by atoms with Crippen molar-refractivity contribution in [1.82, 2.24) is 10.2 Å². The number of amides is 2. The molecule has 0 aromatic heterocycles. The third-order valence-electron chi connectivity index (χ3n) is 5.55. The average molecular weight is 479 g/mol. The summed E-state index contributed by atoms with van der Waals surface area (Å²) in [6.45, 7) is 6.36. The Balaban J connectivity index is 1.89. The Morgan fingerprint density at radius 3 is 2.38 bits per heavy atom. The van der Waals surface area contributed by atoms with Crippen LogP contribution >= 0.6 is 11.6 Å². The first-order chi connectivity index (χ1) is 16.4. The van der Waals surface area contributed by atoms with Crippen molar-refractivity contribution in [2.45, 2.75) is 39.8 Å². The van der Waals surface area contributed by atoms with Crippen LogP contribution in [0, 0.1) is 13.8 Å². The third kappa shape index (κ3) is 7.09. The smallest absolute Gasteiger partial charge is 0.261 e. The number of hydrogen-bond acceptors (Lipinski definition) is 3. The van der Waals surface area contributed by atoms with Crippen LogP contribution in [-0.2, 0) is 22.6 Å². The van der Waals surface area contributed by atoms with Gasteiger partial charge in [-0.1, -0.05) is 71.8 Å². The van der Waals surface area contributed by atoms with Crippen LogP contribution in [0.4, 0.5) is 0 Å². The van der Waals surface area contributed by atoms with Gasteiger partial charge < -0.3 is 15.0 Å². The van der Waals surface area contributed by atoms with Crippen molar-refractivity contribution in [1.29, 1.82) is 0 Å². The number of hydrogen-bond donors (Lipinski definition) is 1. The van der Waals surface area contributed by atoms with Gasteiger partial charge in [0, 0.05) is 24.5 Å². The predicted octanol–water partition coefficient (Wildman–Crippen LogP) is 5.11. The maximum absolute atomic E-state index is 13.5. The minimum atomic E-state index is -0.675. The number of ether oxygens (including phenoxy) is 1. The quantitative estimate of drug-likeness (QED) is 0.440. The van der Waals surface area contributed by atoms with Crippen LogP contribution < -0.4 is 10.1 Å². The third-order valence-corrected chi connectivity index (χ3v) is 5.97. The van der Waals surface area contributed by atoms with Crippen molar-refractivity contribution in [3.05, 3.63) is 100 Å². The fraction of sp³-hybridized carbons (Fsp3) is 0.286. The summed E-state index contributed by atoms with van der Waals surface area (Å²) in [7, 11) is 0. The predicted molar refractivity (Wildman–Crippen MR) is 136 cm³/mol. The topological polar surface area (TPSA) is 58.6 Å². The molecule has 0 saturated heterocycles. The fourth-order valence-corrected chi connectivity index (χ4v) is 3.91. The average Bonchev–Trinajstić information content (AvgIpc) is 2.82.